The molecule has 0 bridgehead atoms. The third-order valence-corrected chi connectivity index (χ3v) is 4.71. The molecule has 0 saturated carbocycles. The van der Waals surface area contributed by atoms with Crippen molar-refractivity contribution in [1.82, 2.24) is 15.1 Å². The first-order valence-electron chi connectivity index (χ1n) is 8.04. The molecule has 0 aliphatic rings. The highest BCUT2D eigenvalue weighted by atomic mass is 32.2. The fourth-order valence-corrected chi connectivity index (χ4v) is 3.13. The summed E-state index contributed by atoms with van der Waals surface area (Å²) >= 11 is 1.57. The molecule has 6 heteroatoms. The van der Waals surface area contributed by atoms with Gasteiger partial charge in [-0.3, -0.25) is 9.48 Å². The molecule has 2 aromatic rings. The molecule has 1 N–H and O–H groups in total. The van der Waals surface area contributed by atoms with E-state index in [0.29, 0.717) is 11.3 Å². The molecule has 1 aromatic carbocycles. The molecule has 24 heavy (non-hydrogen) atoms. The Hall–Kier alpha value is -2.26. The van der Waals surface area contributed by atoms with Gasteiger partial charge in [0, 0.05) is 24.1 Å². The van der Waals surface area contributed by atoms with Gasteiger partial charge in [-0.25, -0.2) is 0 Å². The zero-order valence-corrected chi connectivity index (χ0v) is 14.8. The lowest BCUT2D eigenvalue weighted by Crippen LogP contribution is -2.29. The van der Waals surface area contributed by atoms with Gasteiger partial charge in [0.2, 0.25) is 5.91 Å². The van der Waals surface area contributed by atoms with E-state index in [-0.39, 0.29) is 11.9 Å². The maximum Gasteiger partial charge on any atom is 0.230 e. The zero-order chi connectivity index (χ0) is 17.4. The van der Waals surface area contributed by atoms with Crippen LogP contribution in [0.4, 0.5) is 0 Å². The average molecular weight is 342 g/mol. The van der Waals surface area contributed by atoms with E-state index in [9.17, 15) is 4.79 Å². The Balaban J connectivity index is 1.79. The lowest BCUT2D eigenvalue weighted by molar-refractivity contribution is -0.119. The number of carbonyl (C=O) groups excluding carboxylic acids is 1. The molecule has 0 saturated heterocycles. The fraction of sp³-hybridized carbons (Fsp3) is 0.389. The van der Waals surface area contributed by atoms with Gasteiger partial charge in [-0.15, -0.1) is 11.8 Å². The van der Waals surface area contributed by atoms with Gasteiger partial charge in [0.05, 0.1) is 29.6 Å². The molecule has 1 amide bonds. The molecule has 0 unspecified atom stereocenters. The Morgan fingerprint density at radius 1 is 1.38 bits per heavy atom. The minimum Gasteiger partial charge on any atom is -0.348 e. The first-order valence-corrected chi connectivity index (χ1v) is 9.20. The van der Waals surface area contributed by atoms with Crippen molar-refractivity contribution in [2.45, 2.75) is 38.6 Å². The summed E-state index contributed by atoms with van der Waals surface area (Å²) in [6, 6.07) is 9.56. The quantitative estimate of drug-likeness (QED) is 0.799. The largest absolute Gasteiger partial charge is 0.348 e. The Kier molecular flexibility index (Phi) is 6.89. The second kappa shape index (κ2) is 9.14. The molecule has 0 fully saturated rings. The van der Waals surface area contributed by atoms with Crippen molar-refractivity contribution in [3.63, 3.8) is 0 Å². The Bertz CT molecular complexity index is 703. The summed E-state index contributed by atoms with van der Waals surface area (Å²) in [6.07, 6.45) is 4.64. The third kappa shape index (κ3) is 5.14. The van der Waals surface area contributed by atoms with Gasteiger partial charge >= 0.3 is 0 Å². The number of aryl methyl sites for hydroxylation is 1. The number of hydrogen-bond donors (Lipinski definition) is 1. The number of hydrogen-bond acceptors (Lipinski definition) is 4. The van der Waals surface area contributed by atoms with Crippen LogP contribution >= 0.6 is 11.8 Å². The van der Waals surface area contributed by atoms with Crippen LogP contribution in [0.25, 0.3) is 0 Å². The summed E-state index contributed by atoms with van der Waals surface area (Å²) in [6.45, 7) is 4.92. The molecule has 1 heterocycles. The van der Waals surface area contributed by atoms with Gasteiger partial charge in [-0.1, -0.05) is 19.1 Å². The van der Waals surface area contributed by atoms with E-state index in [0.717, 1.165) is 29.8 Å². The lowest BCUT2D eigenvalue weighted by atomic mass is 10.1. The first kappa shape index (κ1) is 18.1. The van der Waals surface area contributed by atoms with E-state index >= 15 is 0 Å². The van der Waals surface area contributed by atoms with Gasteiger partial charge in [-0.05, 0) is 31.0 Å². The summed E-state index contributed by atoms with van der Waals surface area (Å²) < 4.78 is 1.86. The predicted molar refractivity (Wildman–Crippen MR) is 96.4 cm³/mol. The summed E-state index contributed by atoms with van der Waals surface area (Å²) in [5.41, 5.74) is 2.81. The van der Waals surface area contributed by atoms with Gasteiger partial charge in [0.15, 0.2) is 0 Å². The van der Waals surface area contributed by atoms with Crippen LogP contribution in [0.15, 0.2) is 36.7 Å². The number of nitrogens with one attached hydrogen (secondary N) is 1. The SMILES string of the molecule is CC[C@@H](NC(=O)CSCc1ccc(C#N)cc1)c1cnn(CC)c1. The van der Waals surface area contributed by atoms with Crippen LogP contribution in [0.5, 0.6) is 0 Å². The normalized spacial score (nSPS) is 11.7. The van der Waals surface area contributed by atoms with Gasteiger partial charge in [0.1, 0.15) is 0 Å². The van der Waals surface area contributed by atoms with Crippen LogP contribution in [0.3, 0.4) is 0 Å². The van der Waals surface area contributed by atoms with Crippen molar-refractivity contribution in [3.05, 3.63) is 53.3 Å². The molecule has 0 aliphatic carbocycles. The summed E-state index contributed by atoms with van der Waals surface area (Å²) in [5.74, 6) is 1.20. The van der Waals surface area contributed by atoms with E-state index in [4.69, 9.17) is 5.26 Å². The minimum absolute atomic E-state index is 0.00770. The van der Waals surface area contributed by atoms with E-state index in [1.807, 2.05) is 36.1 Å². The van der Waals surface area contributed by atoms with Crippen LogP contribution in [0.2, 0.25) is 0 Å². The van der Waals surface area contributed by atoms with Crippen molar-refractivity contribution in [2.75, 3.05) is 5.75 Å². The van der Waals surface area contributed by atoms with Crippen molar-refractivity contribution in [1.29, 1.82) is 5.26 Å². The maximum atomic E-state index is 12.2. The highest BCUT2D eigenvalue weighted by Crippen LogP contribution is 2.17. The standard InChI is InChI=1S/C18H22N4OS/c1-3-17(16-10-20-22(4-2)11-16)21-18(23)13-24-12-15-7-5-14(9-19)6-8-15/h5-8,10-11,17H,3-4,12-13H2,1-2H3,(H,21,23)/t17-/m1/s1. The van der Waals surface area contributed by atoms with Crippen molar-refractivity contribution < 1.29 is 4.79 Å². The van der Waals surface area contributed by atoms with Crippen molar-refractivity contribution in [3.8, 4) is 6.07 Å². The molecule has 0 aliphatic heterocycles. The molecule has 2 rings (SSSR count). The Morgan fingerprint density at radius 2 is 2.12 bits per heavy atom. The monoisotopic (exact) mass is 342 g/mol. The molecule has 1 atom stereocenters. The summed E-state index contributed by atoms with van der Waals surface area (Å²) in [5, 5.41) is 16.1. The summed E-state index contributed by atoms with van der Waals surface area (Å²) in [7, 11) is 0. The Labute approximate surface area is 147 Å². The molecule has 5 nitrogen and oxygen atoms in total. The Morgan fingerprint density at radius 3 is 2.71 bits per heavy atom. The lowest BCUT2D eigenvalue weighted by Gasteiger charge is -2.15. The second-order valence-electron chi connectivity index (χ2n) is 5.46. The second-order valence-corrected chi connectivity index (χ2v) is 6.44. The van der Waals surface area contributed by atoms with Crippen LogP contribution in [0.1, 0.15) is 43.0 Å². The minimum atomic E-state index is 0.00770. The van der Waals surface area contributed by atoms with Gasteiger partial charge in [0.25, 0.3) is 0 Å². The topological polar surface area (TPSA) is 70.7 Å². The number of nitrogens with zero attached hydrogens (tertiary/aromatic N) is 3. The number of rotatable bonds is 8. The number of carbonyl (C=O) groups is 1. The van der Waals surface area contributed by atoms with Crippen LogP contribution in [-0.2, 0) is 17.1 Å². The zero-order valence-electron chi connectivity index (χ0n) is 14.0. The number of amides is 1. The number of nitriles is 1. The molecular weight excluding hydrogens is 320 g/mol. The van der Waals surface area contributed by atoms with E-state index in [1.54, 1.807) is 23.9 Å². The van der Waals surface area contributed by atoms with E-state index in [1.165, 1.54) is 0 Å². The van der Waals surface area contributed by atoms with Crippen LogP contribution in [-0.4, -0.2) is 21.4 Å². The summed E-state index contributed by atoms with van der Waals surface area (Å²) in [4.78, 5) is 12.2. The smallest absolute Gasteiger partial charge is 0.230 e. The third-order valence-electron chi connectivity index (χ3n) is 3.71. The average Bonchev–Trinajstić information content (AvgIpc) is 3.09. The van der Waals surface area contributed by atoms with Gasteiger partial charge in [-0.2, -0.15) is 10.4 Å². The van der Waals surface area contributed by atoms with E-state index in [2.05, 4.69) is 23.4 Å². The fourth-order valence-electron chi connectivity index (χ4n) is 2.33. The highest BCUT2D eigenvalue weighted by molar-refractivity contribution is 7.99. The van der Waals surface area contributed by atoms with Gasteiger partial charge < -0.3 is 5.32 Å². The number of thioether (sulfide) groups is 1. The van der Waals surface area contributed by atoms with Crippen LogP contribution < -0.4 is 5.32 Å². The molecule has 0 spiro atoms. The first-order chi connectivity index (χ1) is 11.7. The molecule has 1 aromatic heterocycles. The molecular formula is C18H22N4OS. The predicted octanol–water partition coefficient (Wildman–Crippen LogP) is 3.28. The number of aromatic nitrogens is 2. The highest BCUT2D eigenvalue weighted by Gasteiger charge is 2.14. The van der Waals surface area contributed by atoms with E-state index < -0.39 is 0 Å². The molecule has 0 radical (unpaired) electrons. The van der Waals surface area contributed by atoms with Crippen molar-refractivity contribution >= 4 is 17.7 Å². The maximum absolute atomic E-state index is 12.2. The number of benzene rings is 1. The van der Waals surface area contributed by atoms with Crippen LogP contribution in [0, 0.1) is 11.3 Å². The molecule has 126 valence electrons. The van der Waals surface area contributed by atoms with Crippen molar-refractivity contribution in [2.24, 2.45) is 0 Å².